The molecule has 0 fully saturated rings. The number of halogens is 4. The lowest BCUT2D eigenvalue weighted by molar-refractivity contribution is 0.0946. The van der Waals surface area contributed by atoms with Gasteiger partial charge in [0.25, 0.3) is 5.91 Å². The molecule has 0 unspecified atom stereocenters. The van der Waals surface area contributed by atoms with Crippen LogP contribution in [-0.2, 0) is 0 Å². The van der Waals surface area contributed by atoms with Crippen LogP contribution in [-0.4, -0.2) is 35.6 Å². The summed E-state index contributed by atoms with van der Waals surface area (Å²) in [5, 5.41) is 3.34. The second-order valence-corrected chi connectivity index (χ2v) is 6.89. The van der Waals surface area contributed by atoms with Crippen LogP contribution in [0.25, 0.3) is 0 Å². The summed E-state index contributed by atoms with van der Waals surface area (Å²) in [5.74, 6) is 0.503. The molecule has 0 aliphatic carbocycles. The lowest BCUT2D eigenvalue weighted by Gasteiger charge is -2.12. The maximum Gasteiger partial charge on any atom is 0.271 e. The lowest BCUT2D eigenvalue weighted by atomic mass is 10.3. The number of rotatable bonds is 9. The van der Waals surface area contributed by atoms with Crippen molar-refractivity contribution in [3.05, 3.63) is 57.0 Å². The van der Waals surface area contributed by atoms with Gasteiger partial charge in [0.15, 0.2) is 5.75 Å². The first-order chi connectivity index (χ1) is 13.0. The third kappa shape index (κ3) is 7.42. The molecule has 0 aliphatic heterocycles. The molecule has 144 valence electrons. The van der Waals surface area contributed by atoms with E-state index < -0.39 is 0 Å². The maximum atomic E-state index is 11.8. The number of nitrogens with zero attached hydrogens (tertiary/aromatic N) is 2. The van der Waals surface area contributed by atoms with Gasteiger partial charge in [0.05, 0.1) is 22.8 Å². The van der Waals surface area contributed by atoms with Gasteiger partial charge in [0, 0.05) is 31.1 Å². The van der Waals surface area contributed by atoms with Crippen molar-refractivity contribution in [2.24, 2.45) is 0 Å². The zero-order valence-electron chi connectivity index (χ0n) is 13.9. The smallest absolute Gasteiger partial charge is 0.271 e. The van der Waals surface area contributed by atoms with Gasteiger partial charge in [0.2, 0.25) is 0 Å². The number of ether oxygens (including phenoxy) is 2. The van der Waals surface area contributed by atoms with Crippen molar-refractivity contribution in [2.75, 3.05) is 19.8 Å². The molecule has 0 bridgehead atoms. The highest BCUT2D eigenvalue weighted by molar-refractivity contribution is 6.55. The van der Waals surface area contributed by atoms with Crippen LogP contribution in [0.2, 0.25) is 10.0 Å². The molecule has 0 saturated carbocycles. The summed E-state index contributed by atoms with van der Waals surface area (Å²) in [7, 11) is 0. The highest BCUT2D eigenvalue weighted by Crippen LogP contribution is 2.37. The Bertz CT molecular complexity index is 776. The number of carbonyl (C=O) groups is 1. The zero-order valence-corrected chi connectivity index (χ0v) is 16.9. The molecule has 0 spiro atoms. The van der Waals surface area contributed by atoms with Crippen molar-refractivity contribution in [1.82, 2.24) is 15.3 Å². The molecular formula is C17H15Cl4N3O3. The van der Waals surface area contributed by atoms with Crippen molar-refractivity contribution in [2.45, 2.75) is 6.42 Å². The Kier molecular flexibility index (Phi) is 8.94. The van der Waals surface area contributed by atoms with Crippen LogP contribution in [0.4, 0.5) is 0 Å². The summed E-state index contributed by atoms with van der Waals surface area (Å²) in [5.41, 5.74) is 0.255. The molecule has 10 heteroatoms. The molecule has 1 amide bonds. The molecule has 27 heavy (non-hydrogen) atoms. The second kappa shape index (κ2) is 11.2. The average molecular weight is 451 g/mol. The maximum absolute atomic E-state index is 11.8. The van der Waals surface area contributed by atoms with Crippen molar-refractivity contribution < 1.29 is 14.3 Å². The number of nitrogens with one attached hydrogen (secondary N) is 1. The molecule has 2 aromatic rings. The van der Waals surface area contributed by atoms with E-state index in [1.165, 1.54) is 24.7 Å². The number of carbonyl (C=O) groups excluding carboxylic acids is 1. The van der Waals surface area contributed by atoms with Crippen LogP contribution >= 0.6 is 46.4 Å². The minimum atomic E-state index is -0.299. The fourth-order valence-electron chi connectivity index (χ4n) is 1.91. The largest absolute Gasteiger partial charge is 0.490 e. The molecule has 1 aromatic carbocycles. The predicted octanol–water partition coefficient (Wildman–Crippen LogP) is 4.68. The Labute approximate surface area is 176 Å². The average Bonchev–Trinajstić information content (AvgIpc) is 2.63. The van der Waals surface area contributed by atoms with E-state index in [1.807, 2.05) is 0 Å². The van der Waals surface area contributed by atoms with Crippen LogP contribution in [0.3, 0.4) is 0 Å². The molecule has 0 atom stereocenters. The monoisotopic (exact) mass is 449 g/mol. The van der Waals surface area contributed by atoms with E-state index in [9.17, 15) is 4.79 Å². The normalized spacial score (nSPS) is 10.2. The minimum absolute atomic E-state index is 0.110. The quantitative estimate of drug-likeness (QED) is 0.561. The van der Waals surface area contributed by atoms with E-state index in [2.05, 4.69) is 15.3 Å². The molecule has 0 radical (unpaired) electrons. The Morgan fingerprint density at radius 1 is 1.15 bits per heavy atom. The Morgan fingerprint density at radius 2 is 1.89 bits per heavy atom. The van der Waals surface area contributed by atoms with Crippen LogP contribution in [0.1, 0.15) is 16.9 Å². The molecule has 1 heterocycles. The summed E-state index contributed by atoms with van der Waals surface area (Å²) in [6.07, 6.45) is 6.39. The van der Waals surface area contributed by atoms with Gasteiger partial charge in [-0.1, -0.05) is 46.4 Å². The van der Waals surface area contributed by atoms with Crippen LogP contribution in [0.15, 0.2) is 41.3 Å². The summed E-state index contributed by atoms with van der Waals surface area (Å²) in [6.45, 7) is 0.892. The molecule has 0 aliphatic rings. The Hall–Kier alpha value is -1.73. The number of benzene rings is 1. The third-order valence-electron chi connectivity index (χ3n) is 3.11. The highest BCUT2D eigenvalue weighted by atomic mass is 35.5. The molecule has 0 saturated heterocycles. The van der Waals surface area contributed by atoms with Crippen LogP contribution in [0, 0.1) is 0 Å². The molecule has 1 N–H and O–H groups in total. The molecule has 1 aromatic heterocycles. The molecule has 6 nitrogen and oxygen atoms in total. The predicted molar refractivity (Wildman–Crippen MR) is 106 cm³/mol. The van der Waals surface area contributed by atoms with E-state index in [1.54, 1.807) is 12.1 Å². The van der Waals surface area contributed by atoms with E-state index in [4.69, 9.17) is 55.9 Å². The topological polar surface area (TPSA) is 73.3 Å². The third-order valence-corrected chi connectivity index (χ3v) is 3.98. The van der Waals surface area contributed by atoms with Gasteiger partial charge in [0.1, 0.15) is 22.5 Å². The van der Waals surface area contributed by atoms with E-state index >= 15 is 0 Å². The summed E-state index contributed by atoms with van der Waals surface area (Å²) in [6, 6.07) is 3.16. The number of aromatic nitrogens is 2. The number of amides is 1. The lowest BCUT2D eigenvalue weighted by Crippen LogP contribution is -2.26. The van der Waals surface area contributed by atoms with E-state index in [-0.39, 0.29) is 22.7 Å². The van der Waals surface area contributed by atoms with E-state index in [0.717, 1.165) is 0 Å². The standard InChI is InChI=1S/C17H15Cl4N3O3/c18-12-8-11(26-7-2-15(20)21)9-13(19)16(12)27-6-1-3-24-17(25)14-10-22-4-5-23-14/h2,4-5,8-10H,1,3,6-7H2,(H,24,25). The zero-order chi connectivity index (χ0) is 19.6. The fraction of sp³-hybridized carbons (Fsp3) is 0.235. The van der Waals surface area contributed by atoms with Gasteiger partial charge in [-0.3, -0.25) is 9.78 Å². The van der Waals surface area contributed by atoms with Crippen molar-refractivity contribution in [1.29, 1.82) is 0 Å². The summed E-state index contributed by atoms with van der Waals surface area (Å²) < 4.78 is 11.1. The van der Waals surface area contributed by atoms with Gasteiger partial charge < -0.3 is 14.8 Å². The number of hydrogen-bond acceptors (Lipinski definition) is 5. The SMILES string of the molecule is O=C(NCCCOc1c(Cl)cc(OCC=C(Cl)Cl)cc1Cl)c1cnccn1. The van der Waals surface area contributed by atoms with E-state index in [0.29, 0.717) is 41.1 Å². The summed E-state index contributed by atoms with van der Waals surface area (Å²) in [4.78, 5) is 19.6. The van der Waals surface area contributed by atoms with Crippen molar-refractivity contribution >= 4 is 52.3 Å². The fourth-order valence-corrected chi connectivity index (χ4v) is 2.62. The first kappa shape index (κ1) is 21.6. The van der Waals surface area contributed by atoms with Crippen LogP contribution in [0.5, 0.6) is 11.5 Å². The van der Waals surface area contributed by atoms with Gasteiger partial charge in [-0.05, 0) is 12.5 Å². The van der Waals surface area contributed by atoms with Crippen LogP contribution < -0.4 is 14.8 Å². The van der Waals surface area contributed by atoms with Gasteiger partial charge in [-0.25, -0.2) is 4.98 Å². The van der Waals surface area contributed by atoms with Crippen molar-refractivity contribution in [3.63, 3.8) is 0 Å². The van der Waals surface area contributed by atoms with Gasteiger partial charge >= 0.3 is 0 Å². The Balaban J connectivity index is 1.78. The highest BCUT2D eigenvalue weighted by Gasteiger charge is 2.11. The molecular weight excluding hydrogens is 436 g/mol. The van der Waals surface area contributed by atoms with Gasteiger partial charge in [-0.2, -0.15) is 0 Å². The minimum Gasteiger partial charge on any atom is -0.490 e. The Morgan fingerprint density at radius 3 is 2.52 bits per heavy atom. The van der Waals surface area contributed by atoms with Gasteiger partial charge in [-0.15, -0.1) is 0 Å². The first-order valence-corrected chi connectivity index (χ1v) is 9.28. The van der Waals surface area contributed by atoms with Crippen molar-refractivity contribution in [3.8, 4) is 11.5 Å². The summed E-state index contributed by atoms with van der Waals surface area (Å²) >= 11 is 23.4. The first-order valence-electron chi connectivity index (χ1n) is 7.77. The molecule has 2 rings (SSSR count). The second-order valence-electron chi connectivity index (χ2n) is 5.07. The number of hydrogen-bond donors (Lipinski definition) is 1.